The van der Waals surface area contributed by atoms with Crippen molar-refractivity contribution < 1.29 is 25.6 Å². The van der Waals surface area contributed by atoms with Gasteiger partial charge in [-0.1, -0.05) is 202 Å². The third-order valence-electron chi connectivity index (χ3n) is 16.3. The molecule has 0 amide bonds. The Morgan fingerprint density at radius 1 is 0.395 bits per heavy atom. The maximum atomic E-state index is 5.11. The van der Waals surface area contributed by atoms with E-state index in [-0.39, 0.29) is 35.0 Å². The van der Waals surface area contributed by atoms with E-state index in [0.717, 1.165) is 84.8 Å². The van der Waals surface area contributed by atoms with Crippen LogP contribution in [-0.2, 0) is 21.1 Å². The van der Waals surface area contributed by atoms with Gasteiger partial charge in [0.05, 0.1) is 33.4 Å². The van der Waals surface area contributed by atoms with Crippen LogP contribution in [0.5, 0.6) is 0 Å². The maximum Gasteiger partial charge on any atom is 0.409 e. The van der Waals surface area contributed by atoms with Crippen LogP contribution in [0.4, 0.5) is 45.6 Å². The smallest absolute Gasteiger partial charge is 0.409 e. The predicted octanol–water partition coefficient (Wildman–Crippen LogP) is 14.4. The van der Waals surface area contributed by atoms with Crippen LogP contribution in [0.3, 0.4) is 0 Å². The summed E-state index contributed by atoms with van der Waals surface area (Å²) in [5, 5.41) is 2.44. The van der Waals surface area contributed by atoms with E-state index in [2.05, 4.69) is 310 Å². The molecule has 390 valence electrons. The van der Waals surface area contributed by atoms with Gasteiger partial charge in [-0.3, -0.25) is 4.57 Å². The van der Waals surface area contributed by atoms with Crippen LogP contribution in [0.25, 0.3) is 49.9 Å². The van der Waals surface area contributed by atoms with Gasteiger partial charge in [0.25, 0.3) is 6.33 Å². The molecule has 0 fully saturated rings. The molecule has 15 rings (SSSR count). The average Bonchev–Trinajstić information content (AvgIpc) is 4.19. The first-order valence-electron chi connectivity index (χ1n) is 27.4. The molecule has 0 saturated heterocycles. The van der Waals surface area contributed by atoms with E-state index in [9.17, 15) is 0 Å². The van der Waals surface area contributed by atoms with Gasteiger partial charge in [-0.05, 0) is 105 Å². The van der Waals surface area contributed by atoms with Gasteiger partial charge in [-0.15, -0.1) is 18.2 Å². The first-order valence-corrected chi connectivity index (χ1v) is 27.4. The summed E-state index contributed by atoms with van der Waals surface area (Å²) in [6, 6.07) is 92.9. The van der Waals surface area contributed by atoms with Crippen LogP contribution in [-0.4, -0.2) is 28.1 Å². The molecule has 0 atom stereocenters. The van der Waals surface area contributed by atoms with Crippen LogP contribution < -0.4 is 34.7 Å². The predicted molar refractivity (Wildman–Crippen MR) is 330 cm³/mol. The number of pyridine rings is 1. The molecule has 2 aliphatic heterocycles. The fourth-order valence-corrected chi connectivity index (χ4v) is 12.8. The molecule has 8 nitrogen and oxygen atoms in total. The topological polar surface area (TPSA) is 39.6 Å². The summed E-state index contributed by atoms with van der Waals surface area (Å²) in [7, 11) is 0. The second kappa shape index (κ2) is 20.1. The molecule has 10 aromatic carbocycles. The number of aryl methyl sites for hydroxylation is 4. The summed E-state index contributed by atoms with van der Waals surface area (Å²) in [5.41, 5.74) is 21.5. The van der Waals surface area contributed by atoms with Crippen LogP contribution >= 0.6 is 0 Å². The third kappa shape index (κ3) is 7.95. The number of hydrogen-bond acceptors (Lipinski definition) is 5. The molecule has 5 heterocycles. The summed E-state index contributed by atoms with van der Waals surface area (Å²) in [6.07, 6.45) is 5.80. The number of benzene rings is 10. The second-order valence-electron chi connectivity index (χ2n) is 21.0. The molecule has 0 radical (unpaired) electrons. The minimum absolute atomic E-state index is 0. The van der Waals surface area contributed by atoms with Gasteiger partial charge >= 0.3 is 14.0 Å². The minimum Gasteiger partial charge on any atom is -0.415 e. The van der Waals surface area contributed by atoms with Crippen molar-refractivity contribution in [2.24, 2.45) is 0 Å². The Kier molecular flexibility index (Phi) is 12.4. The van der Waals surface area contributed by atoms with E-state index in [4.69, 9.17) is 4.98 Å². The van der Waals surface area contributed by atoms with Crippen molar-refractivity contribution in [2.45, 2.75) is 27.7 Å². The monoisotopic (exact) mass is 1220 g/mol. The Balaban J connectivity index is 0.00000589. The van der Waals surface area contributed by atoms with Gasteiger partial charge in [-0.25, -0.2) is 4.98 Å². The number of anilines is 8. The zero-order valence-electron chi connectivity index (χ0n) is 45.1. The largest absolute Gasteiger partial charge is 0.415 e. The zero-order chi connectivity index (χ0) is 53.6. The van der Waals surface area contributed by atoms with E-state index in [1.165, 1.54) is 44.0 Å². The summed E-state index contributed by atoms with van der Waals surface area (Å²) < 4.78 is 6.79. The molecule has 0 aliphatic carbocycles. The van der Waals surface area contributed by atoms with E-state index in [1.54, 1.807) is 0 Å². The van der Waals surface area contributed by atoms with Crippen molar-refractivity contribution in [3.63, 3.8) is 0 Å². The van der Waals surface area contributed by atoms with Crippen LogP contribution in [0, 0.1) is 46.2 Å². The molecular formula is C70H52B2N8Pt-2. The third-order valence-corrected chi connectivity index (χ3v) is 16.3. The normalized spacial score (nSPS) is 12.9. The number of para-hydroxylation sites is 8. The van der Waals surface area contributed by atoms with Gasteiger partial charge in [0.15, 0.2) is 0 Å². The van der Waals surface area contributed by atoms with E-state index in [1.807, 2.05) is 12.3 Å². The number of rotatable bonds is 9. The van der Waals surface area contributed by atoms with Gasteiger partial charge in [-0.2, -0.15) is 18.2 Å². The SMILES string of the molecule is Cc1cccc(C)c1B1N(c2[c-]c3c(cc2)N(c2ccccc2)B(c2c(C)cccc2C)N3c2ccccn2)c2[c-]c(-n3[c-][n+](-c4ccccc4-n4c5ccccc5c5ccccc54)c4ccccc43)ccc2N1c1ccccc1.[Pt]. The number of imidazole rings is 1. The Bertz CT molecular complexity index is 4450. The molecule has 13 aromatic rings. The number of hydrogen-bond donors (Lipinski definition) is 0. The molecule has 2 aliphatic rings. The van der Waals surface area contributed by atoms with Crippen molar-refractivity contribution in [2.75, 3.05) is 19.2 Å². The molecule has 81 heavy (non-hydrogen) atoms. The van der Waals surface area contributed by atoms with E-state index in [0.29, 0.717) is 0 Å². The number of aromatic nitrogens is 4. The zero-order valence-corrected chi connectivity index (χ0v) is 47.4. The summed E-state index contributed by atoms with van der Waals surface area (Å²) in [6.45, 7) is 8.33. The fourth-order valence-electron chi connectivity index (χ4n) is 12.8. The first-order chi connectivity index (χ1) is 39.4. The molecule has 0 spiro atoms. The van der Waals surface area contributed by atoms with Crippen LogP contribution in [0.2, 0.25) is 0 Å². The first kappa shape index (κ1) is 49.9. The van der Waals surface area contributed by atoms with Crippen molar-refractivity contribution in [1.82, 2.24) is 14.1 Å². The molecular weight excluding hydrogens is 1170 g/mol. The Labute approximate surface area is 487 Å². The van der Waals surface area contributed by atoms with Crippen molar-refractivity contribution in [3.05, 3.63) is 283 Å². The fraction of sp³-hybridized carbons (Fsp3) is 0.0571. The molecule has 3 aromatic heterocycles. The molecule has 0 saturated carbocycles. The van der Waals surface area contributed by atoms with Gasteiger partial charge in [0.1, 0.15) is 5.82 Å². The van der Waals surface area contributed by atoms with Crippen molar-refractivity contribution in [1.29, 1.82) is 0 Å². The van der Waals surface area contributed by atoms with Crippen molar-refractivity contribution in [3.8, 4) is 17.1 Å². The van der Waals surface area contributed by atoms with Crippen LogP contribution in [0.15, 0.2) is 243 Å². The summed E-state index contributed by atoms with van der Waals surface area (Å²) in [4.78, 5) is 14.9. The quantitative estimate of drug-likeness (QED) is 0.0818. The summed E-state index contributed by atoms with van der Waals surface area (Å²) >= 11 is 0. The molecule has 11 heteroatoms. The van der Waals surface area contributed by atoms with E-state index < -0.39 is 0 Å². The van der Waals surface area contributed by atoms with Gasteiger partial charge < -0.3 is 28.4 Å². The van der Waals surface area contributed by atoms with E-state index >= 15 is 0 Å². The Morgan fingerprint density at radius 3 is 1.47 bits per heavy atom. The Morgan fingerprint density at radius 2 is 0.877 bits per heavy atom. The summed E-state index contributed by atoms with van der Waals surface area (Å²) in [5.74, 6) is 0.837. The van der Waals surface area contributed by atoms with Gasteiger partial charge in [0.2, 0.25) is 0 Å². The standard InChI is InChI=1S/C70H52B2N8.Pt/c1-48-23-21-24-49(2)69(48)71-77(52-27-7-5-8-28-52)64-42-40-54(74-47-75(61-36-16-15-35-60(61)74)62-37-17-18-38-63(62)76-58-33-13-11-31-56(58)57-32-12-14-34-59(57)76)45-66(64)79(71)55-41-43-65-67(46-55)80(68-39-19-20-44-73-68)72(70-50(3)25-22-26-51(70)4)78(65)53-29-9-6-10-30-53;/h5-44H,1-4H3;/q-2;. The van der Waals surface area contributed by atoms with Gasteiger partial charge in [0, 0.05) is 49.4 Å². The van der Waals surface area contributed by atoms with Crippen LogP contribution in [0.1, 0.15) is 22.3 Å². The maximum absolute atomic E-state index is 5.11. The molecule has 0 unspecified atom stereocenters. The number of nitrogens with zero attached hydrogens (tertiary/aromatic N) is 8. The number of fused-ring (bicyclic) bond motifs is 6. The average molecular weight is 1220 g/mol. The molecule has 0 N–H and O–H groups in total. The molecule has 0 bridgehead atoms. The van der Waals surface area contributed by atoms with Crippen molar-refractivity contribution >= 4 is 103 Å². The second-order valence-corrected chi connectivity index (χ2v) is 21.0. The minimum atomic E-state index is -0.327. The Hall–Kier alpha value is -9.36.